The van der Waals surface area contributed by atoms with Crippen molar-refractivity contribution < 1.29 is 22.8 Å². The average molecular weight is 460 g/mol. The highest BCUT2D eigenvalue weighted by molar-refractivity contribution is 7.92. The molecule has 0 aliphatic carbocycles. The van der Waals surface area contributed by atoms with Crippen molar-refractivity contribution in [2.24, 2.45) is 0 Å². The Kier molecular flexibility index (Phi) is 5.10. The average Bonchev–Trinajstić information content (AvgIpc) is 2.94. The number of nitrogens with one attached hydrogen (secondary N) is 2. The lowest BCUT2D eigenvalue weighted by atomic mass is 10.0. The van der Waals surface area contributed by atoms with E-state index in [9.17, 15) is 22.8 Å². The maximum Gasteiger partial charge on any atom is 0.262 e. The fourth-order valence-corrected chi connectivity index (χ4v) is 5.25. The molecule has 0 spiro atoms. The van der Waals surface area contributed by atoms with E-state index in [1.807, 2.05) is 0 Å². The Morgan fingerprint density at radius 2 is 1.84 bits per heavy atom. The number of fused-ring (bicyclic) bond motifs is 1. The molecule has 0 radical (unpaired) electrons. The third-order valence-electron chi connectivity index (χ3n) is 5.31. The van der Waals surface area contributed by atoms with Gasteiger partial charge in [0.1, 0.15) is 6.04 Å². The third-order valence-corrected chi connectivity index (χ3v) is 7.25. The molecule has 2 heterocycles. The number of carbonyl (C=O) groups is 3. The van der Waals surface area contributed by atoms with E-state index in [1.165, 1.54) is 30.3 Å². The van der Waals surface area contributed by atoms with Crippen molar-refractivity contribution in [3.63, 3.8) is 0 Å². The monoisotopic (exact) mass is 459 g/mol. The second-order valence-corrected chi connectivity index (χ2v) is 9.41. The number of rotatable bonds is 4. The molecule has 1 unspecified atom stereocenters. The normalized spacial score (nSPS) is 18.8. The van der Waals surface area contributed by atoms with Gasteiger partial charge in [-0.05, 0) is 55.7 Å². The molecule has 0 aromatic heterocycles. The lowest BCUT2D eigenvalue weighted by Gasteiger charge is -2.29. The molecular formula is C21H18ClN3O5S. The van der Waals surface area contributed by atoms with Gasteiger partial charge < -0.3 is 5.32 Å². The lowest BCUT2D eigenvalue weighted by molar-refractivity contribution is -0.125. The van der Waals surface area contributed by atoms with Crippen molar-refractivity contribution in [2.75, 3.05) is 4.72 Å². The van der Waals surface area contributed by atoms with Gasteiger partial charge in [0.25, 0.3) is 21.8 Å². The summed E-state index contributed by atoms with van der Waals surface area (Å²) < 4.78 is 28.0. The first-order chi connectivity index (χ1) is 14.6. The zero-order valence-electron chi connectivity index (χ0n) is 16.4. The van der Waals surface area contributed by atoms with Crippen LogP contribution in [0, 0.1) is 6.92 Å². The van der Waals surface area contributed by atoms with Gasteiger partial charge >= 0.3 is 0 Å². The van der Waals surface area contributed by atoms with Crippen LogP contribution in [0.3, 0.4) is 0 Å². The molecule has 3 amide bonds. The number of halogens is 1. The second-order valence-electron chi connectivity index (χ2n) is 7.36. The van der Waals surface area contributed by atoms with E-state index >= 15 is 0 Å². The molecule has 2 aromatic rings. The number of nitrogens with zero attached hydrogens (tertiary/aromatic N) is 1. The standard InChI is InChI=1S/C21H18ClN3O5S/c1-11-6-9-17(19(26)23-11)25-20(27)14-8-7-13(10-15(14)21(25)28)24-31(29,30)18-5-3-4-16(22)12(18)2/h3-5,7-8,10,17,24H,1,6,9H2,2H3,(H,23,26). The first-order valence-corrected chi connectivity index (χ1v) is 11.2. The van der Waals surface area contributed by atoms with Crippen LogP contribution in [0.1, 0.15) is 39.1 Å². The number of amides is 3. The van der Waals surface area contributed by atoms with Crippen molar-refractivity contribution >= 4 is 45.0 Å². The van der Waals surface area contributed by atoms with E-state index in [1.54, 1.807) is 13.0 Å². The molecule has 0 bridgehead atoms. The molecule has 10 heteroatoms. The fraction of sp³-hybridized carbons (Fsp3) is 0.190. The van der Waals surface area contributed by atoms with Crippen LogP contribution in [-0.4, -0.2) is 37.1 Å². The number of allylic oxidation sites excluding steroid dienone is 1. The SMILES string of the molecule is C=C1CCC(N2C(=O)c3ccc(NS(=O)(=O)c4cccc(Cl)c4C)cc3C2=O)C(=O)N1. The van der Waals surface area contributed by atoms with Crippen LogP contribution in [0.4, 0.5) is 5.69 Å². The van der Waals surface area contributed by atoms with Crippen LogP contribution in [0.2, 0.25) is 5.02 Å². The summed E-state index contributed by atoms with van der Waals surface area (Å²) in [4.78, 5) is 38.9. The zero-order chi connectivity index (χ0) is 22.5. The molecule has 2 aliphatic rings. The summed E-state index contributed by atoms with van der Waals surface area (Å²) in [5, 5.41) is 2.87. The smallest absolute Gasteiger partial charge is 0.262 e. The van der Waals surface area contributed by atoms with E-state index in [0.717, 1.165) is 4.90 Å². The number of imide groups is 1. The van der Waals surface area contributed by atoms with Gasteiger partial charge in [0, 0.05) is 16.4 Å². The minimum atomic E-state index is -3.98. The summed E-state index contributed by atoms with van der Waals surface area (Å²) in [6, 6.07) is 7.66. The Morgan fingerprint density at radius 1 is 1.13 bits per heavy atom. The van der Waals surface area contributed by atoms with Gasteiger partial charge in [-0.25, -0.2) is 8.42 Å². The van der Waals surface area contributed by atoms with Gasteiger partial charge in [0.05, 0.1) is 16.0 Å². The number of hydrogen-bond donors (Lipinski definition) is 2. The zero-order valence-corrected chi connectivity index (χ0v) is 18.0. The van der Waals surface area contributed by atoms with Crippen LogP contribution in [0.5, 0.6) is 0 Å². The quantitative estimate of drug-likeness (QED) is 0.682. The fourth-order valence-electron chi connectivity index (χ4n) is 3.70. The Labute approximate surface area is 183 Å². The molecule has 2 aromatic carbocycles. The second kappa shape index (κ2) is 7.51. The van der Waals surface area contributed by atoms with Crippen molar-refractivity contribution in [3.8, 4) is 0 Å². The van der Waals surface area contributed by atoms with Gasteiger partial charge in [-0.1, -0.05) is 24.2 Å². The Hall–Kier alpha value is -3.17. The van der Waals surface area contributed by atoms with Crippen molar-refractivity contribution in [3.05, 3.63) is 70.4 Å². The third kappa shape index (κ3) is 3.60. The van der Waals surface area contributed by atoms with Gasteiger partial charge in [0.15, 0.2) is 0 Å². The van der Waals surface area contributed by atoms with Crippen LogP contribution in [0.15, 0.2) is 53.6 Å². The molecular weight excluding hydrogens is 442 g/mol. The van der Waals surface area contributed by atoms with Crippen molar-refractivity contribution in [2.45, 2.75) is 30.7 Å². The molecule has 0 saturated carbocycles. The van der Waals surface area contributed by atoms with Crippen LogP contribution in [-0.2, 0) is 14.8 Å². The largest absolute Gasteiger partial charge is 0.329 e. The molecule has 1 atom stereocenters. The highest BCUT2D eigenvalue weighted by Crippen LogP contribution is 2.31. The number of benzene rings is 2. The summed E-state index contributed by atoms with van der Waals surface area (Å²) in [5.41, 5.74) is 1.18. The minimum Gasteiger partial charge on any atom is -0.329 e. The minimum absolute atomic E-state index is 0.00336. The van der Waals surface area contributed by atoms with Gasteiger partial charge in [-0.15, -0.1) is 0 Å². The van der Waals surface area contributed by atoms with E-state index in [0.29, 0.717) is 22.7 Å². The van der Waals surface area contributed by atoms with E-state index in [-0.39, 0.29) is 28.1 Å². The molecule has 8 nitrogen and oxygen atoms in total. The first-order valence-electron chi connectivity index (χ1n) is 9.38. The molecule has 160 valence electrons. The predicted octanol–water partition coefficient (Wildman–Crippen LogP) is 2.84. The van der Waals surface area contributed by atoms with Gasteiger partial charge in [0.2, 0.25) is 5.91 Å². The van der Waals surface area contributed by atoms with Crippen molar-refractivity contribution in [1.82, 2.24) is 10.2 Å². The Morgan fingerprint density at radius 3 is 2.55 bits per heavy atom. The van der Waals surface area contributed by atoms with Crippen LogP contribution in [0.25, 0.3) is 0 Å². The number of piperidine rings is 1. The summed E-state index contributed by atoms with van der Waals surface area (Å²) in [6.07, 6.45) is 0.734. The number of sulfonamides is 1. The van der Waals surface area contributed by atoms with Gasteiger partial charge in [-0.3, -0.25) is 24.0 Å². The summed E-state index contributed by atoms with van der Waals surface area (Å²) in [6.45, 7) is 5.28. The highest BCUT2D eigenvalue weighted by Gasteiger charge is 2.44. The summed E-state index contributed by atoms with van der Waals surface area (Å²) >= 11 is 6.03. The molecule has 4 rings (SSSR count). The first kappa shape index (κ1) is 21.1. The summed E-state index contributed by atoms with van der Waals surface area (Å²) in [7, 11) is -3.98. The number of hydrogen-bond acceptors (Lipinski definition) is 5. The maximum absolute atomic E-state index is 12.9. The number of anilines is 1. The number of carbonyl (C=O) groups excluding carboxylic acids is 3. The summed E-state index contributed by atoms with van der Waals surface area (Å²) in [5.74, 6) is -1.71. The predicted molar refractivity (Wildman–Crippen MR) is 114 cm³/mol. The Bertz CT molecular complexity index is 1270. The van der Waals surface area contributed by atoms with E-state index in [4.69, 9.17) is 11.6 Å². The van der Waals surface area contributed by atoms with Crippen LogP contribution >= 0.6 is 11.6 Å². The molecule has 1 fully saturated rings. The van der Waals surface area contributed by atoms with E-state index < -0.39 is 33.8 Å². The van der Waals surface area contributed by atoms with E-state index in [2.05, 4.69) is 16.6 Å². The molecule has 2 aliphatic heterocycles. The van der Waals surface area contributed by atoms with Crippen LogP contribution < -0.4 is 10.0 Å². The topological polar surface area (TPSA) is 113 Å². The molecule has 31 heavy (non-hydrogen) atoms. The molecule has 2 N–H and O–H groups in total. The lowest BCUT2D eigenvalue weighted by Crippen LogP contribution is -2.51. The van der Waals surface area contributed by atoms with Gasteiger partial charge in [-0.2, -0.15) is 0 Å². The highest BCUT2D eigenvalue weighted by atomic mass is 35.5. The Balaban J connectivity index is 1.64. The maximum atomic E-state index is 12.9. The van der Waals surface area contributed by atoms with Crippen molar-refractivity contribution in [1.29, 1.82) is 0 Å². The molecule has 1 saturated heterocycles.